The molecule has 3 aromatic rings. The van der Waals surface area contributed by atoms with Gasteiger partial charge in [-0.1, -0.05) is 5.16 Å². The van der Waals surface area contributed by atoms with Gasteiger partial charge in [0.1, 0.15) is 6.33 Å². The molecule has 0 saturated carbocycles. The van der Waals surface area contributed by atoms with Crippen molar-refractivity contribution in [2.24, 2.45) is 0 Å². The number of halogens is 3. The molecule has 0 N–H and O–H groups in total. The van der Waals surface area contributed by atoms with Crippen molar-refractivity contribution in [1.29, 1.82) is 0 Å². The molecule has 0 fully saturated rings. The number of hydrogen-bond donors (Lipinski definition) is 0. The minimum absolute atomic E-state index is 0.115. The van der Waals surface area contributed by atoms with Crippen LogP contribution in [0.25, 0.3) is 22.8 Å². The summed E-state index contributed by atoms with van der Waals surface area (Å²) in [6.07, 6.45) is 4.19. The molecule has 0 aliphatic carbocycles. The molecule has 0 bridgehead atoms. The highest BCUT2D eigenvalue weighted by Gasteiger charge is 2.19. The Morgan fingerprint density at radius 3 is 2.45 bits per heavy atom. The lowest BCUT2D eigenvalue weighted by Crippen LogP contribution is -1.94. The Hall–Kier alpha value is -2.77. The van der Waals surface area contributed by atoms with Crippen molar-refractivity contribution in [3.63, 3.8) is 0 Å². The number of rotatable bonds is 2. The summed E-state index contributed by atoms with van der Waals surface area (Å²) in [5.41, 5.74) is 0.130. The van der Waals surface area contributed by atoms with E-state index in [1.807, 2.05) is 0 Å². The van der Waals surface area contributed by atoms with E-state index in [2.05, 4.69) is 20.1 Å². The first kappa shape index (κ1) is 12.3. The number of benzene rings is 1. The van der Waals surface area contributed by atoms with Crippen LogP contribution in [0.3, 0.4) is 0 Å². The summed E-state index contributed by atoms with van der Waals surface area (Å²) in [4.78, 5) is 11.4. The normalized spacial score (nSPS) is 10.8. The predicted molar refractivity (Wildman–Crippen MR) is 60.6 cm³/mol. The zero-order chi connectivity index (χ0) is 14.1. The van der Waals surface area contributed by atoms with E-state index >= 15 is 0 Å². The predicted octanol–water partition coefficient (Wildman–Crippen LogP) is 2.61. The van der Waals surface area contributed by atoms with E-state index in [-0.39, 0.29) is 17.3 Å². The monoisotopic (exact) mass is 278 g/mol. The molecule has 8 heteroatoms. The third kappa shape index (κ3) is 2.00. The summed E-state index contributed by atoms with van der Waals surface area (Å²) in [6, 6.07) is 1.80. The van der Waals surface area contributed by atoms with Crippen molar-refractivity contribution in [3.8, 4) is 22.8 Å². The molecule has 2 aromatic heterocycles. The molecule has 0 saturated heterocycles. The smallest absolute Gasteiger partial charge is 0.261 e. The largest absolute Gasteiger partial charge is 0.333 e. The second kappa shape index (κ2) is 4.72. The molecule has 20 heavy (non-hydrogen) atoms. The van der Waals surface area contributed by atoms with Gasteiger partial charge in [0.15, 0.2) is 17.5 Å². The van der Waals surface area contributed by atoms with Gasteiger partial charge in [-0.3, -0.25) is 0 Å². The maximum absolute atomic E-state index is 13.6. The Kier molecular flexibility index (Phi) is 2.90. The van der Waals surface area contributed by atoms with Gasteiger partial charge in [-0.2, -0.15) is 4.98 Å². The molecule has 3 rings (SSSR count). The van der Waals surface area contributed by atoms with Crippen LogP contribution in [0.1, 0.15) is 0 Å². The summed E-state index contributed by atoms with van der Waals surface area (Å²) < 4.78 is 44.4. The number of hydrogen-bond acceptors (Lipinski definition) is 5. The topological polar surface area (TPSA) is 64.7 Å². The van der Waals surface area contributed by atoms with Gasteiger partial charge >= 0.3 is 0 Å². The summed E-state index contributed by atoms with van der Waals surface area (Å²) in [5, 5.41) is 3.61. The van der Waals surface area contributed by atoms with Crippen LogP contribution in [0, 0.1) is 17.5 Å². The molecular weight excluding hydrogens is 273 g/mol. The average Bonchev–Trinajstić information content (AvgIpc) is 2.95. The molecule has 0 unspecified atom stereocenters. The van der Waals surface area contributed by atoms with Crippen LogP contribution in [0.4, 0.5) is 13.2 Å². The van der Waals surface area contributed by atoms with Crippen molar-refractivity contribution in [3.05, 3.63) is 48.3 Å². The zero-order valence-corrected chi connectivity index (χ0v) is 9.72. The van der Waals surface area contributed by atoms with Gasteiger partial charge < -0.3 is 4.52 Å². The maximum atomic E-state index is 13.6. The van der Waals surface area contributed by atoms with Crippen LogP contribution >= 0.6 is 0 Å². The van der Waals surface area contributed by atoms with E-state index < -0.39 is 17.5 Å². The summed E-state index contributed by atoms with van der Waals surface area (Å²) in [6.45, 7) is 0. The van der Waals surface area contributed by atoms with Gasteiger partial charge in [0.25, 0.3) is 5.89 Å². The standard InChI is InChI=1S/C12H5F3N4O/c13-8-2-1-7(9(14)10(8)15)12-18-11(19-20-12)6-3-16-5-17-4-6/h1-5H. The zero-order valence-electron chi connectivity index (χ0n) is 9.72. The lowest BCUT2D eigenvalue weighted by Gasteiger charge is -1.99. The first-order valence-corrected chi connectivity index (χ1v) is 5.40. The van der Waals surface area contributed by atoms with Gasteiger partial charge in [-0.25, -0.2) is 23.1 Å². The second-order valence-electron chi connectivity index (χ2n) is 3.77. The molecule has 0 aliphatic rings. The minimum atomic E-state index is -1.59. The molecule has 100 valence electrons. The maximum Gasteiger partial charge on any atom is 0.261 e. The van der Waals surface area contributed by atoms with E-state index in [0.717, 1.165) is 12.1 Å². The summed E-state index contributed by atoms with van der Waals surface area (Å²) in [5.74, 6) is -4.41. The molecule has 5 nitrogen and oxygen atoms in total. The lowest BCUT2D eigenvalue weighted by atomic mass is 10.2. The van der Waals surface area contributed by atoms with E-state index in [1.54, 1.807) is 0 Å². The van der Waals surface area contributed by atoms with Gasteiger partial charge in [0, 0.05) is 12.4 Å². The fourth-order valence-corrected chi connectivity index (χ4v) is 1.56. The van der Waals surface area contributed by atoms with E-state index in [1.165, 1.54) is 18.7 Å². The molecule has 0 radical (unpaired) electrons. The Balaban J connectivity index is 2.05. The fourth-order valence-electron chi connectivity index (χ4n) is 1.56. The third-order valence-electron chi connectivity index (χ3n) is 2.51. The van der Waals surface area contributed by atoms with E-state index in [9.17, 15) is 13.2 Å². The highest BCUT2D eigenvalue weighted by Crippen LogP contribution is 2.26. The highest BCUT2D eigenvalue weighted by atomic mass is 19.2. The fraction of sp³-hybridized carbons (Fsp3) is 0. The van der Waals surface area contributed by atoms with Crippen LogP contribution in [0.15, 0.2) is 35.4 Å². The Morgan fingerprint density at radius 1 is 0.950 bits per heavy atom. The van der Waals surface area contributed by atoms with Gasteiger partial charge in [-0.15, -0.1) is 0 Å². The minimum Gasteiger partial charge on any atom is -0.333 e. The second-order valence-corrected chi connectivity index (χ2v) is 3.77. The van der Waals surface area contributed by atoms with Gasteiger partial charge in [0.05, 0.1) is 11.1 Å². The molecule has 0 spiro atoms. The van der Waals surface area contributed by atoms with Crippen molar-refractivity contribution in [2.45, 2.75) is 0 Å². The van der Waals surface area contributed by atoms with Crippen LogP contribution in [-0.2, 0) is 0 Å². The quantitative estimate of drug-likeness (QED) is 0.674. The molecule has 2 heterocycles. The summed E-state index contributed by atoms with van der Waals surface area (Å²) in [7, 11) is 0. The van der Waals surface area contributed by atoms with Crippen LogP contribution < -0.4 is 0 Å². The highest BCUT2D eigenvalue weighted by molar-refractivity contribution is 5.59. The summed E-state index contributed by atoms with van der Waals surface area (Å²) >= 11 is 0. The van der Waals surface area contributed by atoms with E-state index in [0.29, 0.717) is 5.56 Å². The molecule has 1 aromatic carbocycles. The van der Waals surface area contributed by atoms with Crippen LogP contribution in [0.5, 0.6) is 0 Å². The van der Waals surface area contributed by atoms with Crippen LogP contribution in [-0.4, -0.2) is 20.1 Å². The van der Waals surface area contributed by atoms with Gasteiger partial charge in [-0.05, 0) is 12.1 Å². The van der Waals surface area contributed by atoms with Crippen molar-refractivity contribution >= 4 is 0 Å². The molecular formula is C12H5F3N4O. The van der Waals surface area contributed by atoms with Crippen molar-refractivity contribution < 1.29 is 17.7 Å². The molecule has 0 aliphatic heterocycles. The first-order chi connectivity index (χ1) is 9.66. The first-order valence-electron chi connectivity index (χ1n) is 5.40. The van der Waals surface area contributed by atoms with Crippen molar-refractivity contribution in [2.75, 3.05) is 0 Å². The van der Waals surface area contributed by atoms with Crippen molar-refractivity contribution in [1.82, 2.24) is 20.1 Å². The molecule has 0 atom stereocenters. The Labute approximate surface area is 110 Å². The van der Waals surface area contributed by atoms with E-state index in [4.69, 9.17) is 4.52 Å². The Morgan fingerprint density at radius 2 is 1.70 bits per heavy atom. The Bertz CT molecular complexity index is 761. The lowest BCUT2D eigenvalue weighted by molar-refractivity contribution is 0.420. The van der Waals surface area contributed by atoms with Crippen LogP contribution in [0.2, 0.25) is 0 Å². The SMILES string of the molecule is Fc1ccc(-c2nc(-c3cncnc3)no2)c(F)c1F. The molecule has 0 amide bonds. The number of nitrogens with zero attached hydrogens (tertiary/aromatic N) is 4. The number of aromatic nitrogens is 4. The third-order valence-corrected chi connectivity index (χ3v) is 2.51. The van der Waals surface area contributed by atoms with Gasteiger partial charge in [0.2, 0.25) is 5.82 Å². The average molecular weight is 278 g/mol.